The second-order valence-electron chi connectivity index (χ2n) is 6.79. The molecule has 0 radical (unpaired) electrons. The Bertz CT molecular complexity index is 676. The van der Waals surface area contributed by atoms with Crippen LogP contribution in [0.1, 0.15) is 43.5 Å². The molecule has 1 amide bonds. The van der Waals surface area contributed by atoms with Gasteiger partial charge in [0.2, 0.25) is 5.91 Å². The van der Waals surface area contributed by atoms with Gasteiger partial charge in [0.25, 0.3) is 0 Å². The quantitative estimate of drug-likeness (QED) is 0.674. The summed E-state index contributed by atoms with van der Waals surface area (Å²) in [5.41, 5.74) is 0.661. The molecule has 0 aromatic heterocycles. The maximum atomic E-state index is 12.1. The first-order chi connectivity index (χ1) is 11.3. The van der Waals surface area contributed by atoms with E-state index in [9.17, 15) is 18.0 Å². The molecule has 5 nitrogen and oxygen atoms in total. The number of carbonyl (C=O) groups is 2. The number of carbonyl (C=O) groups excluding carboxylic acids is 2. The number of benzene rings is 1. The monoisotopic (exact) mass is 351 g/mol. The van der Waals surface area contributed by atoms with Gasteiger partial charge >= 0.3 is 0 Å². The summed E-state index contributed by atoms with van der Waals surface area (Å²) in [5.74, 6) is 0.241. The van der Waals surface area contributed by atoms with Crippen LogP contribution in [0, 0.1) is 5.92 Å². The molecule has 0 unspecified atom stereocenters. The molecule has 0 atom stereocenters. The Hall–Kier alpha value is -1.69. The van der Waals surface area contributed by atoms with Crippen molar-refractivity contribution in [1.29, 1.82) is 0 Å². The number of hydrogen-bond donors (Lipinski definition) is 0. The third-order valence-electron chi connectivity index (χ3n) is 4.16. The van der Waals surface area contributed by atoms with E-state index in [0.29, 0.717) is 31.5 Å². The zero-order valence-corrected chi connectivity index (χ0v) is 15.1. The Morgan fingerprint density at radius 1 is 1.12 bits per heavy atom. The van der Waals surface area contributed by atoms with Gasteiger partial charge in [-0.15, -0.1) is 0 Å². The number of rotatable bonds is 8. The van der Waals surface area contributed by atoms with Crippen LogP contribution in [0.25, 0.3) is 0 Å². The lowest BCUT2D eigenvalue weighted by atomic mass is 10.0. The van der Waals surface area contributed by atoms with E-state index in [1.807, 2.05) is 32.0 Å². The standard InChI is InChI=1S/C18H25NO4S/c1-14(2)13-24(22,23)16-11-19(12-16)18(21)10-6-9-17(20)15-7-4-3-5-8-15/h3-5,7-8,14,16H,6,9-13H2,1-2H3. The largest absolute Gasteiger partial charge is 0.340 e. The predicted molar refractivity (Wildman–Crippen MR) is 93.6 cm³/mol. The summed E-state index contributed by atoms with van der Waals surface area (Å²) in [6.45, 7) is 4.34. The fourth-order valence-corrected chi connectivity index (χ4v) is 4.81. The van der Waals surface area contributed by atoms with Crippen molar-refractivity contribution in [1.82, 2.24) is 4.90 Å². The second-order valence-corrected chi connectivity index (χ2v) is 9.11. The number of amides is 1. The molecule has 1 aliphatic rings. The van der Waals surface area contributed by atoms with E-state index in [1.165, 1.54) is 0 Å². The number of sulfone groups is 1. The minimum Gasteiger partial charge on any atom is -0.340 e. The molecule has 1 aromatic rings. The highest BCUT2D eigenvalue weighted by atomic mass is 32.2. The van der Waals surface area contributed by atoms with E-state index in [1.54, 1.807) is 17.0 Å². The first-order valence-corrected chi connectivity index (χ1v) is 10.1. The molecular weight excluding hydrogens is 326 g/mol. The minimum atomic E-state index is -3.11. The number of nitrogens with zero attached hydrogens (tertiary/aromatic N) is 1. The van der Waals surface area contributed by atoms with Gasteiger partial charge in [-0.25, -0.2) is 8.42 Å². The average molecular weight is 351 g/mol. The van der Waals surface area contributed by atoms with E-state index in [2.05, 4.69) is 0 Å². The normalized spacial score (nSPS) is 15.4. The van der Waals surface area contributed by atoms with Crippen LogP contribution in [0.3, 0.4) is 0 Å². The summed E-state index contributed by atoms with van der Waals surface area (Å²) in [4.78, 5) is 25.6. The molecule has 0 spiro atoms. The number of Topliss-reactive ketones (excluding diaryl/α,β-unsaturated/α-hetero) is 1. The molecule has 132 valence electrons. The fourth-order valence-electron chi connectivity index (χ4n) is 2.80. The Labute approximate surface area is 144 Å². The smallest absolute Gasteiger partial charge is 0.222 e. The fraction of sp³-hybridized carbons (Fsp3) is 0.556. The molecule has 1 aliphatic heterocycles. The lowest BCUT2D eigenvalue weighted by molar-refractivity contribution is -0.134. The van der Waals surface area contributed by atoms with Crippen LogP contribution in [-0.2, 0) is 14.6 Å². The van der Waals surface area contributed by atoms with Crippen molar-refractivity contribution in [2.75, 3.05) is 18.8 Å². The SMILES string of the molecule is CC(C)CS(=O)(=O)C1CN(C(=O)CCCC(=O)c2ccccc2)C1. The van der Waals surface area contributed by atoms with Gasteiger partial charge in [0.15, 0.2) is 15.6 Å². The van der Waals surface area contributed by atoms with Gasteiger partial charge < -0.3 is 4.90 Å². The minimum absolute atomic E-state index is 0.0318. The third kappa shape index (κ3) is 4.90. The second kappa shape index (κ2) is 7.92. The Kier molecular flexibility index (Phi) is 6.15. The van der Waals surface area contributed by atoms with Crippen molar-refractivity contribution >= 4 is 21.5 Å². The Morgan fingerprint density at radius 3 is 2.33 bits per heavy atom. The molecule has 0 saturated carbocycles. The molecule has 1 fully saturated rings. The third-order valence-corrected chi connectivity index (χ3v) is 6.61. The molecule has 0 N–H and O–H groups in total. The molecule has 1 saturated heterocycles. The van der Waals surface area contributed by atoms with Gasteiger partial charge in [-0.1, -0.05) is 44.2 Å². The van der Waals surface area contributed by atoms with Gasteiger partial charge in [-0.3, -0.25) is 9.59 Å². The summed E-state index contributed by atoms with van der Waals surface area (Å²) < 4.78 is 24.1. The van der Waals surface area contributed by atoms with Crippen LogP contribution in [-0.4, -0.2) is 49.1 Å². The summed E-state index contributed by atoms with van der Waals surface area (Å²) >= 11 is 0. The topological polar surface area (TPSA) is 71.5 Å². The van der Waals surface area contributed by atoms with E-state index < -0.39 is 15.1 Å². The van der Waals surface area contributed by atoms with E-state index in [-0.39, 0.29) is 29.8 Å². The van der Waals surface area contributed by atoms with Gasteiger partial charge in [-0.2, -0.15) is 0 Å². The first kappa shape index (κ1) is 18.6. The van der Waals surface area contributed by atoms with Crippen LogP contribution in [0.5, 0.6) is 0 Å². The summed E-state index contributed by atoms with van der Waals surface area (Å²) in [5, 5.41) is -0.421. The van der Waals surface area contributed by atoms with Crippen molar-refractivity contribution in [2.24, 2.45) is 5.92 Å². The van der Waals surface area contributed by atoms with Crippen molar-refractivity contribution in [3.8, 4) is 0 Å². The lowest BCUT2D eigenvalue weighted by Crippen LogP contribution is -2.57. The van der Waals surface area contributed by atoms with Crippen molar-refractivity contribution in [3.63, 3.8) is 0 Å². The summed E-state index contributed by atoms with van der Waals surface area (Å²) in [6.07, 6.45) is 1.11. The van der Waals surface area contributed by atoms with Crippen LogP contribution in [0.15, 0.2) is 30.3 Å². The van der Waals surface area contributed by atoms with Crippen LogP contribution < -0.4 is 0 Å². The Morgan fingerprint density at radius 2 is 1.75 bits per heavy atom. The van der Waals surface area contributed by atoms with E-state index in [4.69, 9.17) is 0 Å². The molecule has 2 rings (SSSR count). The molecule has 6 heteroatoms. The maximum absolute atomic E-state index is 12.1. The zero-order valence-electron chi connectivity index (χ0n) is 14.3. The summed E-state index contributed by atoms with van der Waals surface area (Å²) in [7, 11) is -3.11. The predicted octanol–water partition coefficient (Wildman–Crippen LogP) is 2.32. The highest BCUT2D eigenvalue weighted by molar-refractivity contribution is 7.92. The van der Waals surface area contributed by atoms with Crippen LogP contribution in [0.4, 0.5) is 0 Å². The van der Waals surface area contributed by atoms with Gasteiger partial charge in [0, 0.05) is 31.5 Å². The number of hydrogen-bond acceptors (Lipinski definition) is 4. The number of likely N-dealkylation sites (tertiary alicyclic amines) is 1. The van der Waals surface area contributed by atoms with Crippen molar-refractivity contribution < 1.29 is 18.0 Å². The lowest BCUT2D eigenvalue weighted by Gasteiger charge is -2.39. The van der Waals surface area contributed by atoms with Crippen molar-refractivity contribution in [2.45, 2.75) is 38.4 Å². The maximum Gasteiger partial charge on any atom is 0.222 e. The highest BCUT2D eigenvalue weighted by Gasteiger charge is 2.39. The highest BCUT2D eigenvalue weighted by Crippen LogP contribution is 2.20. The molecule has 1 heterocycles. The van der Waals surface area contributed by atoms with Gasteiger partial charge in [0.1, 0.15) is 0 Å². The van der Waals surface area contributed by atoms with Crippen molar-refractivity contribution in [3.05, 3.63) is 35.9 Å². The molecular formula is C18H25NO4S. The van der Waals surface area contributed by atoms with E-state index >= 15 is 0 Å². The van der Waals surface area contributed by atoms with Crippen LogP contribution in [0.2, 0.25) is 0 Å². The molecule has 0 aliphatic carbocycles. The summed E-state index contributed by atoms with van der Waals surface area (Å²) in [6, 6.07) is 9.02. The average Bonchev–Trinajstić information content (AvgIpc) is 2.44. The Balaban J connectivity index is 1.71. The number of ketones is 1. The molecule has 24 heavy (non-hydrogen) atoms. The molecule has 1 aromatic carbocycles. The van der Waals surface area contributed by atoms with Gasteiger partial charge in [-0.05, 0) is 12.3 Å². The first-order valence-electron chi connectivity index (χ1n) is 8.37. The molecule has 0 bridgehead atoms. The van der Waals surface area contributed by atoms with E-state index in [0.717, 1.165) is 0 Å². The van der Waals surface area contributed by atoms with Crippen LogP contribution >= 0.6 is 0 Å². The van der Waals surface area contributed by atoms with Gasteiger partial charge in [0.05, 0.1) is 11.0 Å². The zero-order chi connectivity index (χ0) is 17.7.